The molecular weight excluding hydrogens is 138 g/mol. The summed E-state index contributed by atoms with van der Waals surface area (Å²) < 4.78 is 1.87. The fourth-order valence-corrected chi connectivity index (χ4v) is 0.933. The number of hydrogen-bond acceptors (Lipinski definition) is 2. The van der Waals surface area contributed by atoms with Crippen molar-refractivity contribution in [1.29, 1.82) is 5.26 Å². The summed E-state index contributed by atoms with van der Waals surface area (Å²) in [5, 5.41) is 12.5. The third-order valence-corrected chi connectivity index (χ3v) is 1.41. The molecule has 0 radical (unpaired) electrons. The summed E-state index contributed by atoms with van der Waals surface area (Å²) in [5.41, 5.74) is 0.862. The van der Waals surface area contributed by atoms with Crippen molar-refractivity contribution in [3.63, 3.8) is 0 Å². The molecule has 0 aliphatic carbocycles. The first-order valence-electron chi connectivity index (χ1n) is 3.76. The minimum atomic E-state index is 0.413. The highest BCUT2D eigenvalue weighted by atomic mass is 15.3. The van der Waals surface area contributed by atoms with Gasteiger partial charge in [-0.25, -0.2) is 0 Å². The van der Waals surface area contributed by atoms with Crippen LogP contribution >= 0.6 is 0 Å². The molecule has 0 amide bonds. The molecule has 0 aliphatic heterocycles. The van der Waals surface area contributed by atoms with Crippen molar-refractivity contribution in [3.05, 3.63) is 18.0 Å². The van der Waals surface area contributed by atoms with Crippen LogP contribution in [-0.4, -0.2) is 9.78 Å². The van der Waals surface area contributed by atoms with Crippen LogP contribution in [0.1, 0.15) is 19.0 Å². The Morgan fingerprint density at radius 1 is 1.73 bits per heavy atom. The van der Waals surface area contributed by atoms with Gasteiger partial charge >= 0.3 is 0 Å². The Morgan fingerprint density at radius 2 is 2.55 bits per heavy atom. The first-order chi connectivity index (χ1) is 5.36. The Labute approximate surface area is 66.3 Å². The average molecular weight is 149 g/mol. The molecule has 0 fully saturated rings. The second kappa shape index (κ2) is 3.77. The third kappa shape index (κ3) is 2.08. The van der Waals surface area contributed by atoms with Crippen molar-refractivity contribution in [2.45, 2.75) is 26.3 Å². The molecule has 3 nitrogen and oxygen atoms in total. The van der Waals surface area contributed by atoms with E-state index in [2.05, 4.69) is 18.1 Å². The standard InChI is InChI=1S/C8H11N3/c1-2-6-11-7-4-8(10-11)3-5-9/h4,7H,2-3,6H2,1H3. The molecule has 0 atom stereocenters. The average Bonchev–Trinajstić information content (AvgIpc) is 2.38. The van der Waals surface area contributed by atoms with E-state index in [1.807, 2.05) is 16.9 Å². The third-order valence-electron chi connectivity index (χ3n) is 1.41. The number of nitrogens with zero attached hydrogens (tertiary/aromatic N) is 3. The smallest absolute Gasteiger partial charge is 0.0793 e. The molecule has 0 saturated carbocycles. The molecule has 0 aliphatic rings. The molecule has 3 heteroatoms. The second-order valence-corrected chi connectivity index (χ2v) is 2.41. The summed E-state index contributed by atoms with van der Waals surface area (Å²) in [4.78, 5) is 0. The zero-order valence-corrected chi connectivity index (χ0v) is 6.62. The van der Waals surface area contributed by atoms with Gasteiger partial charge in [-0.05, 0) is 12.5 Å². The summed E-state index contributed by atoms with van der Waals surface area (Å²) in [6.07, 6.45) is 3.40. The highest BCUT2D eigenvalue weighted by molar-refractivity contribution is 5.04. The van der Waals surface area contributed by atoms with Gasteiger partial charge in [-0.2, -0.15) is 10.4 Å². The first-order valence-corrected chi connectivity index (χ1v) is 3.76. The Balaban J connectivity index is 2.60. The predicted molar refractivity (Wildman–Crippen MR) is 41.8 cm³/mol. The number of nitriles is 1. The lowest BCUT2D eigenvalue weighted by Crippen LogP contribution is -1.97. The lowest BCUT2D eigenvalue weighted by Gasteiger charge is -1.94. The van der Waals surface area contributed by atoms with Crippen molar-refractivity contribution >= 4 is 0 Å². The van der Waals surface area contributed by atoms with Crippen molar-refractivity contribution in [2.24, 2.45) is 0 Å². The van der Waals surface area contributed by atoms with Gasteiger partial charge < -0.3 is 0 Å². The molecule has 0 N–H and O–H groups in total. The van der Waals surface area contributed by atoms with E-state index in [0.717, 1.165) is 18.7 Å². The largest absolute Gasteiger partial charge is 0.272 e. The maximum atomic E-state index is 8.36. The van der Waals surface area contributed by atoms with Crippen LogP contribution in [0.5, 0.6) is 0 Å². The lowest BCUT2D eigenvalue weighted by molar-refractivity contribution is 0.597. The molecule has 0 saturated heterocycles. The molecular formula is C8H11N3. The molecule has 0 spiro atoms. The summed E-state index contributed by atoms with van der Waals surface area (Å²) in [6.45, 7) is 3.04. The van der Waals surface area contributed by atoms with Gasteiger partial charge in [0.05, 0.1) is 18.2 Å². The zero-order chi connectivity index (χ0) is 8.10. The summed E-state index contributed by atoms with van der Waals surface area (Å²) in [7, 11) is 0. The number of aryl methyl sites for hydroxylation is 1. The summed E-state index contributed by atoms with van der Waals surface area (Å²) >= 11 is 0. The minimum absolute atomic E-state index is 0.413. The van der Waals surface area contributed by atoms with E-state index in [0.29, 0.717) is 6.42 Å². The van der Waals surface area contributed by atoms with E-state index in [4.69, 9.17) is 5.26 Å². The molecule has 58 valence electrons. The maximum absolute atomic E-state index is 8.36. The van der Waals surface area contributed by atoms with E-state index < -0.39 is 0 Å². The summed E-state index contributed by atoms with van der Waals surface area (Å²) in [5.74, 6) is 0. The van der Waals surface area contributed by atoms with E-state index >= 15 is 0 Å². The van der Waals surface area contributed by atoms with Crippen LogP contribution < -0.4 is 0 Å². The van der Waals surface area contributed by atoms with E-state index in [1.54, 1.807) is 0 Å². The Kier molecular flexibility index (Phi) is 2.67. The molecule has 0 aromatic carbocycles. The van der Waals surface area contributed by atoms with Gasteiger partial charge in [0.1, 0.15) is 0 Å². The molecule has 1 rings (SSSR count). The normalized spacial score (nSPS) is 9.45. The van der Waals surface area contributed by atoms with Crippen molar-refractivity contribution in [1.82, 2.24) is 9.78 Å². The number of hydrogen-bond donors (Lipinski definition) is 0. The number of rotatable bonds is 3. The van der Waals surface area contributed by atoms with Gasteiger partial charge in [-0.15, -0.1) is 0 Å². The van der Waals surface area contributed by atoms with Crippen molar-refractivity contribution in [2.75, 3.05) is 0 Å². The van der Waals surface area contributed by atoms with Crippen LogP contribution in [0.3, 0.4) is 0 Å². The van der Waals surface area contributed by atoms with E-state index in [9.17, 15) is 0 Å². The Morgan fingerprint density at radius 3 is 3.18 bits per heavy atom. The topological polar surface area (TPSA) is 41.6 Å². The Hall–Kier alpha value is -1.30. The quantitative estimate of drug-likeness (QED) is 0.651. The van der Waals surface area contributed by atoms with Crippen LogP contribution in [0.25, 0.3) is 0 Å². The molecule has 0 bridgehead atoms. The van der Waals surface area contributed by atoms with Crippen molar-refractivity contribution < 1.29 is 0 Å². The molecule has 11 heavy (non-hydrogen) atoms. The Bertz CT molecular complexity index is 257. The van der Waals surface area contributed by atoms with Gasteiger partial charge in [0, 0.05) is 12.7 Å². The second-order valence-electron chi connectivity index (χ2n) is 2.41. The van der Waals surface area contributed by atoms with Crippen LogP contribution in [0.15, 0.2) is 12.3 Å². The van der Waals surface area contributed by atoms with Gasteiger partial charge in [-0.3, -0.25) is 4.68 Å². The minimum Gasteiger partial charge on any atom is -0.272 e. The summed E-state index contributed by atoms with van der Waals surface area (Å²) in [6, 6.07) is 3.95. The van der Waals surface area contributed by atoms with Gasteiger partial charge in [0.25, 0.3) is 0 Å². The predicted octanol–water partition coefficient (Wildman–Crippen LogP) is 1.36. The van der Waals surface area contributed by atoms with Gasteiger partial charge in [0.15, 0.2) is 0 Å². The maximum Gasteiger partial charge on any atom is 0.0793 e. The zero-order valence-electron chi connectivity index (χ0n) is 6.62. The molecule has 1 heterocycles. The fraction of sp³-hybridized carbons (Fsp3) is 0.500. The van der Waals surface area contributed by atoms with E-state index in [-0.39, 0.29) is 0 Å². The van der Waals surface area contributed by atoms with E-state index in [1.165, 1.54) is 0 Å². The lowest BCUT2D eigenvalue weighted by atomic mass is 10.3. The van der Waals surface area contributed by atoms with Gasteiger partial charge in [0.2, 0.25) is 0 Å². The SMILES string of the molecule is CCCn1ccc(CC#N)n1. The van der Waals surface area contributed by atoms with Gasteiger partial charge in [-0.1, -0.05) is 6.92 Å². The van der Waals surface area contributed by atoms with Crippen LogP contribution in [0.4, 0.5) is 0 Å². The highest BCUT2D eigenvalue weighted by Gasteiger charge is 1.95. The highest BCUT2D eigenvalue weighted by Crippen LogP contribution is 1.96. The number of aromatic nitrogens is 2. The molecule has 1 aromatic rings. The van der Waals surface area contributed by atoms with Crippen LogP contribution in [0, 0.1) is 11.3 Å². The first kappa shape index (κ1) is 7.80. The molecule has 1 aromatic heterocycles. The monoisotopic (exact) mass is 149 g/mol. The van der Waals surface area contributed by atoms with Crippen LogP contribution in [-0.2, 0) is 13.0 Å². The van der Waals surface area contributed by atoms with Crippen LogP contribution in [0.2, 0.25) is 0 Å². The molecule has 0 unspecified atom stereocenters. The fourth-order valence-electron chi connectivity index (χ4n) is 0.933. The van der Waals surface area contributed by atoms with Crippen molar-refractivity contribution in [3.8, 4) is 6.07 Å².